The fourth-order valence-corrected chi connectivity index (χ4v) is 2.00. The molecule has 0 fully saturated rings. The predicted molar refractivity (Wildman–Crippen MR) is 91.5 cm³/mol. The maximum atomic E-state index is 11.9. The number of guanidine groups is 1. The molecule has 0 aromatic heterocycles. The first-order valence-corrected chi connectivity index (χ1v) is 7.61. The highest BCUT2D eigenvalue weighted by Crippen LogP contribution is 2.20. The molecule has 1 aromatic rings. The number of benzene rings is 1. The Hall–Kier alpha value is -1.56. The van der Waals surface area contributed by atoms with Gasteiger partial charge in [-0.1, -0.05) is 22.0 Å². The van der Waals surface area contributed by atoms with Crippen molar-refractivity contribution in [3.63, 3.8) is 0 Å². The molecule has 0 heterocycles. The first-order chi connectivity index (χ1) is 9.67. The van der Waals surface area contributed by atoms with Gasteiger partial charge in [-0.05, 0) is 45.4 Å². The number of anilines is 1. The molecule has 0 radical (unpaired) electrons. The summed E-state index contributed by atoms with van der Waals surface area (Å²) in [5.41, 5.74) is 7.43. The summed E-state index contributed by atoms with van der Waals surface area (Å²) in [5, 5.41) is 5.92. The van der Waals surface area contributed by atoms with E-state index >= 15 is 0 Å². The van der Waals surface area contributed by atoms with Crippen LogP contribution in [0.3, 0.4) is 0 Å². The highest BCUT2D eigenvalue weighted by Gasteiger charge is 2.10. The third-order valence-electron chi connectivity index (χ3n) is 2.60. The Labute approximate surface area is 134 Å². The summed E-state index contributed by atoms with van der Waals surface area (Å²) in [4.78, 5) is 16.0. The van der Waals surface area contributed by atoms with E-state index in [9.17, 15) is 4.79 Å². The molecule has 0 atom stereocenters. The molecular weight excluding hydrogens is 332 g/mol. The summed E-state index contributed by atoms with van der Waals surface area (Å²) < 4.78 is 0.931. The Kier molecular flexibility index (Phi) is 6.20. The van der Waals surface area contributed by atoms with Crippen LogP contribution in [0.4, 0.5) is 5.69 Å². The normalized spacial score (nSPS) is 12.1. The van der Waals surface area contributed by atoms with Gasteiger partial charge in [0.1, 0.15) is 0 Å². The first-order valence-electron chi connectivity index (χ1n) is 6.81. The molecular formula is C15H23BrN4O. The summed E-state index contributed by atoms with van der Waals surface area (Å²) >= 11 is 3.39. The Balaban J connectivity index is 2.48. The summed E-state index contributed by atoms with van der Waals surface area (Å²) in [6, 6.07) is 5.77. The molecule has 0 unspecified atom stereocenters. The highest BCUT2D eigenvalue weighted by atomic mass is 79.9. The van der Waals surface area contributed by atoms with Gasteiger partial charge in [-0.15, -0.1) is 0 Å². The van der Waals surface area contributed by atoms with Crippen molar-refractivity contribution in [2.24, 2.45) is 10.7 Å². The molecule has 0 aliphatic rings. The number of aryl methyl sites for hydroxylation is 1. The number of amides is 1. The van der Waals surface area contributed by atoms with Crippen LogP contribution >= 0.6 is 15.9 Å². The molecule has 1 aromatic carbocycles. The number of carbonyl (C=O) groups excluding carboxylic acids is 1. The average Bonchev–Trinajstić information content (AvgIpc) is 2.31. The first kappa shape index (κ1) is 17.5. The number of nitrogens with zero attached hydrogens (tertiary/aromatic N) is 1. The van der Waals surface area contributed by atoms with Gasteiger partial charge in [-0.2, -0.15) is 0 Å². The third kappa shape index (κ3) is 7.13. The largest absolute Gasteiger partial charge is 0.370 e. The number of hydrogen-bond acceptors (Lipinski definition) is 2. The quantitative estimate of drug-likeness (QED) is 0.574. The summed E-state index contributed by atoms with van der Waals surface area (Å²) in [7, 11) is 0. The van der Waals surface area contributed by atoms with Crippen LogP contribution in [0.5, 0.6) is 0 Å². The van der Waals surface area contributed by atoms with Gasteiger partial charge >= 0.3 is 0 Å². The Morgan fingerprint density at radius 3 is 2.67 bits per heavy atom. The average molecular weight is 355 g/mol. The molecule has 21 heavy (non-hydrogen) atoms. The Morgan fingerprint density at radius 1 is 1.38 bits per heavy atom. The van der Waals surface area contributed by atoms with Gasteiger partial charge < -0.3 is 16.4 Å². The van der Waals surface area contributed by atoms with Crippen LogP contribution in [0.2, 0.25) is 0 Å². The molecule has 1 amide bonds. The molecule has 0 spiro atoms. The van der Waals surface area contributed by atoms with E-state index in [1.54, 1.807) is 0 Å². The second-order valence-electron chi connectivity index (χ2n) is 5.90. The minimum Gasteiger partial charge on any atom is -0.370 e. The summed E-state index contributed by atoms with van der Waals surface area (Å²) in [5.74, 6) is 0.275. The maximum absolute atomic E-state index is 11.9. The minimum atomic E-state index is -0.136. The van der Waals surface area contributed by atoms with E-state index in [4.69, 9.17) is 5.73 Å². The number of aliphatic imine (C=N–C) groups is 1. The third-order valence-corrected chi connectivity index (χ3v) is 3.09. The number of halogens is 1. The van der Waals surface area contributed by atoms with E-state index in [0.29, 0.717) is 18.9 Å². The van der Waals surface area contributed by atoms with Crippen LogP contribution in [-0.4, -0.2) is 24.0 Å². The van der Waals surface area contributed by atoms with Crippen LogP contribution in [0, 0.1) is 6.92 Å². The molecule has 0 saturated heterocycles. The van der Waals surface area contributed by atoms with Crippen LogP contribution in [-0.2, 0) is 4.79 Å². The lowest BCUT2D eigenvalue weighted by molar-refractivity contribution is -0.116. The molecule has 0 aliphatic carbocycles. The Morgan fingerprint density at radius 2 is 2.05 bits per heavy atom. The SMILES string of the molecule is Cc1ccc(Br)cc1NC(=O)CCN=C(N)NC(C)(C)C. The van der Waals surface area contributed by atoms with E-state index < -0.39 is 0 Å². The monoisotopic (exact) mass is 354 g/mol. The molecule has 116 valence electrons. The minimum absolute atomic E-state index is 0.0801. The predicted octanol–water partition coefficient (Wildman–Crippen LogP) is 2.79. The van der Waals surface area contributed by atoms with Gasteiger partial charge in [0.2, 0.25) is 5.91 Å². The van der Waals surface area contributed by atoms with Gasteiger partial charge in [0.25, 0.3) is 0 Å². The molecule has 0 bridgehead atoms. The van der Waals surface area contributed by atoms with Crippen LogP contribution in [0.25, 0.3) is 0 Å². The van der Waals surface area contributed by atoms with Crippen molar-refractivity contribution in [1.82, 2.24) is 5.32 Å². The summed E-state index contributed by atoms with van der Waals surface area (Å²) in [6.45, 7) is 8.30. The second kappa shape index (κ2) is 7.45. The molecule has 1 rings (SSSR count). The van der Waals surface area contributed by atoms with E-state index in [1.165, 1.54) is 0 Å². The summed E-state index contributed by atoms with van der Waals surface area (Å²) in [6.07, 6.45) is 0.290. The molecule has 6 heteroatoms. The van der Waals surface area contributed by atoms with Gasteiger partial charge in [0.05, 0.1) is 6.54 Å². The van der Waals surface area contributed by atoms with Crippen molar-refractivity contribution < 1.29 is 4.79 Å². The topological polar surface area (TPSA) is 79.5 Å². The smallest absolute Gasteiger partial charge is 0.226 e. The number of nitrogens with one attached hydrogen (secondary N) is 2. The van der Waals surface area contributed by atoms with Crippen molar-refractivity contribution in [1.29, 1.82) is 0 Å². The molecule has 5 nitrogen and oxygen atoms in total. The number of nitrogens with two attached hydrogens (primary N) is 1. The lowest BCUT2D eigenvalue weighted by atomic mass is 10.1. The zero-order chi connectivity index (χ0) is 16.0. The van der Waals surface area contributed by atoms with Crippen LogP contribution in [0.1, 0.15) is 32.8 Å². The van der Waals surface area contributed by atoms with Gasteiger partial charge in [0, 0.05) is 22.1 Å². The van der Waals surface area contributed by atoms with Crippen molar-refractivity contribution in [3.05, 3.63) is 28.2 Å². The van der Waals surface area contributed by atoms with Gasteiger partial charge in [-0.25, -0.2) is 0 Å². The standard InChI is InChI=1S/C15H23BrN4O/c1-10-5-6-11(16)9-12(10)19-13(21)7-8-18-14(17)20-15(2,3)4/h5-6,9H,7-8H2,1-4H3,(H,19,21)(H3,17,18,20). The van der Waals surface area contributed by atoms with E-state index in [1.807, 2.05) is 45.9 Å². The Bertz CT molecular complexity index is 535. The van der Waals surface area contributed by atoms with Crippen molar-refractivity contribution >= 4 is 33.5 Å². The zero-order valence-corrected chi connectivity index (χ0v) is 14.5. The van der Waals surface area contributed by atoms with Crippen LogP contribution < -0.4 is 16.4 Å². The number of hydrogen-bond donors (Lipinski definition) is 3. The molecule has 0 saturated carbocycles. The lowest BCUT2D eigenvalue weighted by Crippen LogP contribution is -2.45. The number of rotatable bonds is 4. The van der Waals surface area contributed by atoms with Gasteiger partial charge in [0.15, 0.2) is 5.96 Å². The van der Waals surface area contributed by atoms with Crippen molar-refractivity contribution in [3.8, 4) is 0 Å². The molecule has 0 aliphatic heterocycles. The van der Waals surface area contributed by atoms with E-state index in [2.05, 4.69) is 31.6 Å². The number of carbonyl (C=O) groups is 1. The fraction of sp³-hybridized carbons (Fsp3) is 0.467. The maximum Gasteiger partial charge on any atom is 0.226 e. The second-order valence-corrected chi connectivity index (χ2v) is 6.82. The molecule has 4 N–H and O–H groups in total. The van der Waals surface area contributed by atoms with Crippen molar-refractivity contribution in [2.45, 2.75) is 39.7 Å². The zero-order valence-electron chi connectivity index (χ0n) is 13.0. The van der Waals surface area contributed by atoms with Crippen LogP contribution in [0.15, 0.2) is 27.7 Å². The van der Waals surface area contributed by atoms with Crippen molar-refractivity contribution in [2.75, 3.05) is 11.9 Å². The lowest BCUT2D eigenvalue weighted by Gasteiger charge is -2.20. The fourth-order valence-electron chi connectivity index (χ4n) is 1.64. The highest BCUT2D eigenvalue weighted by molar-refractivity contribution is 9.10. The van der Waals surface area contributed by atoms with E-state index in [-0.39, 0.29) is 11.4 Å². The van der Waals surface area contributed by atoms with Gasteiger partial charge in [-0.3, -0.25) is 9.79 Å². The van der Waals surface area contributed by atoms with E-state index in [0.717, 1.165) is 15.7 Å².